The Morgan fingerprint density at radius 3 is 2.33 bits per heavy atom. The van der Waals surface area contributed by atoms with Crippen molar-refractivity contribution in [1.82, 2.24) is 9.80 Å². The predicted molar refractivity (Wildman–Crippen MR) is 97.2 cm³/mol. The summed E-state index contributed by atoms with van der Waals surface area (Å²) in [6.45, 7) is 7.07. The Morgan fingerprint density at radius 1 is 1.17 bits per heavy atom. The van der Waals surface area contributed by atoms with Gasteiger partial charge < -0.3 is 9.80 Å². The molecule has 1 fully saturated rings. The van der Waals surface area contributed by atoms with Crippen molar-refractivity contribution in [2.45, 2.75) is 39.5 Å². The van der Waals surface area contributed by atoms with E-state index in [-0.39, 0.29) is 17.7 Å². The van der Waals surface area contributed by atoms with Gasteiger partial charge in [-0.1, -0.05) is 24.9 Å². The van der Waals surface area contributed by atoms with E-state index in [9.17, 15) is 9.59 Å². The maximum atomic E-state index is 12.6. The number of halogens is 1. The van der Waals surface area contributed by atoms with Gasteiger partial charge in [-0.2, -0.15) is 0 Å². The molecule has 0 spiro atoms. The number of amides is 2. The molecule has 24 heavy (non-hydrogen) atoms. The van der Waals surface area contributed by atoms with E-state index in [0.29, 0.717) is 23.7 Å². The van der Waals surface area contributed by atoms with Crippen LogP contribution in [0.4, 0.5) is 0 Å². The molecule has 0 atom stereocenters. The minimum Gasteiger partial charge on any atom is -0.343 e. The lowest BCUT2D eigenvalue weighted by atomic mass is 9.94. The fraction of sp³-hybridized carbons (Fsp3) is 0.579. The molecule has 4 nitrogen and oxygen atoms in total. The molecule has 132 valence electrons. The van der Waals surface area contributed by atoms with Crippen molar-refractivity contribution in [1.29, 1.82) is 0 Å². The normalized spacial score (nSPS) is 15.4. The molecule has 0 aliphatic carbocycles. The first kappa shape index (κ1) is 18.8. The average molecular weight is 351 g/mol. The number of unbranched alkanes of at least 4 members (excludes halogenated alkanes) is 1. The zero-order valence-corrected chi connectivity index (χ0v) is 15.4. The van der Waals surface area contributed by atoms with E-state index in [1.54, 1.807) is 24.3 Å². The van der Waals surface area contributed by atoms with Gasteiger partial charge in [-0.05, 0) is 50.5 Å². The Morgan fingerprint density at radius 2 is 1.79 bits per heavy atom. The highest BCUT2D eigenvalue weighted by Crippen LogP contribution is 2.22. The van der Waals surface area contributed by atoms with Gasteiger partial charge in [0, 0.05) is 42.7 Å². The highest BCUT2D eigenvalue weighted by molar-refractivity contribution is 6.30. The van der Waals surface area contributed by atoms with Crippen LogP contribution in [0.2, 0.25) is 5.02 Å². The maximum Gasteiger partial charge on any atom is 0.253 e. The summed E-state index contributed by atoms with van der Waals surface area (Å²) < 4.78 is 0. The monoisotopic (exact) mass is 350 g/mol. The molecular formula is C19H27ClN2O2. The third kappa shape index (κ3) is 4.73. The third-order valence-corrected chi connectivity index (χ3v) is 4.95. The van der Waals surface area contributed by atoms with Gasteiger partial charge in [0.15, 0.2) is 0 Å². The fourth-order valence-electron chi connectivity index (χ4n) is 3.14. The molecule has 1 aliphatic rings. The molecule has 2 rings (SSSR count). The molecule has 0 unspecified atom stereocenters. The van der Waals surface area contributed by atoms with E-state index in [4.69, 9.17) is 11.6 Å². The number of carbonyl (C=O) groups is 2. The summed E-state index contributed by atoms with van der Waals surface area (Å²) in [7, 11) is 0. The molecule has 1 aromatic rings. The number of piperidine rings is 1. The van der Waals surface area contributed by atoms with Crippen LogP contribution in [0.25, 0.3) is 0 Å². The molecule has 1 aliphatic heterocycles. The standard InChI is InChI=1S/C19H27ClN2O2/c1-3-5-12-21(4-2)18(23)16-10-13-22(14-11-16)19(24)15-6-8-17(20)9-7-15/h6-9,16H,3-5,10-14H2,1-2H3. The van der Waals surface area contributed by atoms with Gasteiger partial charge in [0.2, 0.25) is 5.91 Å². The van der Waals surface area contributed by atoms with Crippen molar-refractivity contribution < 1.29 is 9.59 Å². The van der Waals surface area contributed by atoms with Crippen molar-refractivity contribution in [2.24, 2.45) is 5.92 Å². The first-order valence-electron chi connectivity index (χ1n) is 8.90. The summed E-state index contributed by atoms with van der Waals surface area (Å²) in [4.78, 5) is 28.9. The molecule has 0 radical (unpaired) electrons. The number of likely N-dealkylation sites (tertiary alicyclic amines) is 1. The molecule has 1 saturated heterocycles. The van der Waals surface area contributed by atoms with Crippen LogP contribution in [-0.2, 0) is 4.79 Å². The SMILES string of the molecule is CCCCN(CC)C(=O)C1CCN(C(=O)c2ccc(Cl)cc2)CC1. The molecule has 0 bridgehead atoms. The summed E-state index contributed by atoms with van der Waals surface area (Å²) in [5.74, 6) is 0.330. The van der Waals surface area contributed by atoms with Gasteiger partial charge in [0.1, 0.15) is 0 Å². The van der Waals surface area contributed by atoms with Gasteiger partial charge >= 0.3 is 0 Å². The van der Waals surface area contributed by atoms with E-state index in [1.807, 2.05) is 16.7 Å². The van der Waals surface area contributed by atoms with Crippen molar-refractivity contribution in [3.8, 4) is 0 Å². The molecule has 5 heteroatoms. The lowest BCUT2D eigenvalue weighted by Crippen LogP contribution is -2.44. The minimum absolute atomic E-state index is 0.0240. The molecule has 1 aromatic carbocycles. The van der Waals surface area contributed by atoms with Crippen LogP contribution in [0, 0.1) is 5.92 Å². The summed E-state index contributed by atoms with van der Waals surface area (Å²) in [5.41, 5.74) is 0.655. The summed E-state index contributed by atoms with van der Waals surface area (Å²) in [6, 6.07) is 6.98. The predicted octanol–water partition coefficient (Wildman–Crippen LogP) is 3.84. The van der Waals surface area contributed by atoms with Crippen LogP contribution >= 0.6 is 11.6 Å². The van der Waals surface area contributed by atoms with E-state index in [0.717, 1.165) is 38.8 Å². The van der Waals surface area contributed by atoms with E-state index < -0.39 is 0 Å². The lowest BCUT2D eigenvalue weighted by Gasteiger charge is -2.34. The van der Waals surface area contributed by atoms with Gasteiger partial charge in [-0.3, -0.25) is 9.59 Å². The summed E-state index contributed by atoms with van der Waals surface area (Å²) in [5, 5.41) is 0.627. The maximum absolute atomic E-state index is 12.6. The van der Waals surface area contributed by atoms with Crippen molar-refractivity contribution in [3.05, 3.63) is 34.9 Å². The van der Waals surface area contributed by atoms with Crippen LogP contribution in [-0.4, -0.2) is 47.8 Å². The Balaban J connectivity index is 1.89. The topological polar surface area (TPSA) is 40.6 Å². The molecule has 0 N–H and O–H groups in total. The quantitative estimate of drug-likeness (QED) is 0.782. The van der Waals surface area contributed by atoms with Crippen molar-refractivity contribution in [2.75, 3.05) is 26.2 Å². The summed E-state index contributed by atoms with van der Waals surface area (Å²) in [6.07, 6.45) is 3.65. The average Bonchev–Trinajstić information content (AvgIpc) is 2.62. The van der Waals surface area contributed by atoms with Gasteiger partial charge in [-0.15, -0.1) is 0 Å². The largest absolute Gasteiger partial charge is 0.343 e. The van der Waals surface area contributed by atoms with Crippen LogP contribution in [0.5, 0.6) is 0 Å². The molecular weight excluding hydrogens is 324 g/mol. The zero-order valence-electron chi connectivity index (χ0n) is 14.6. The van der Waals surface area contributed by atoms with Crippen LogP contribution < -0.4 is 0 Å². The van der Waals surface area contributed by atoms with Crippen LogP contribution in [0.3, 0.4) is 0 Å². The van der Waals surface area contributed by atoms with Crippen molar-refractivity contribution in [3.63, 3.8) is 0 Å². The number of nitrogens with zero attached hydrogens (tertiary/aromatic N) is 2. The number of hydrogen-bond donors (Lipinski definition) is 0. The van der Waals surface area contributed by atoms with E-state index in [1.165, 1.54) is 0 Å². The molecule has 1 heterocycles. The molecule has 2 amide bonds. The first-order chi connectivity index (χ1) is 11.6. The molecule has 0 aromatic heterocycles. The highest BCUT2D eigenvalue weighted by Gasteiger charge is 2.29. The Kier molecular flexibility index (Phi) is 7.10. The zero-order chi connectivity index (χ0) is 17.5. The number of benzene rings is 1. The second kappa shape index (κ2) is 9.07. The Labute approximate surface area is 149 Å². The van der Waals surface area contributed by atoms with Gasteiger partial charge in [0.05, 0.1) is 0 Å². The number of hydrogen-bond acceptors (Lipinski definition) is 2. The number of rotatable bonds is 6. The van der Waals surface area contributed by atoms with Crippen molar-refractivity contribution >= 4 is 23.4 Å². The van der Waals surface area contributed by atoms with Gasteiger partial charge in [0.25, 0.3) is 5.91 Å². The first-order valence-corrected chi connectivity index (χ1v) is 9.28. The fourth-order valence-corrected chi connectivity index (χ4v) is 3.26. The van der Waals surface area contributed by atoms with Crippen LogP contribution in [0.1, 0.15) is 49.9 Å². The Bertz CT molecular complexity index is 551. The van der Waals surface area contributed by atoms with E-state index in [2.05, 4.69) is 6.92 Å². The second-order valence-corrected chi connectivity index (χ2v) is 6.78. The van der Waals surface area contributed by atoms with E-state index >= 15 is 0 Å². The third-order valence-electron chi connectivity index (χ3n) is 4.70. The lowest BCUT2D eigenvalue weighted by molar-refractivity contribution is -0.136. The van der Waals surface area contributed by atoms with Crippen LogP contribution in [0.15, 0.2) is 24.3 Å². The molecule has 0 saturated carbocycles. The summed E-state index contributed by atoms with van der Waals surface area (Å²) >= 11 is 5.87. The van der Waals surface area contributed by atoms with Gasteiger partial charge in [-0.25, -0.2) is 0 Å². The Hall–Kier alpha value is -1.55. The second-order valence-electron chi connectivity index (χ2n) is 6.34. The smallest absolute Gasteiger partial charge is 0.253 e. The number of carbonyl (C=O) groups excluding carboxylic acids is 2. The highest BCUT2D eigenvalue weighted by atomic mass is 35.5. The minimum atomic E-state index is 0.0240.